The van der Waals surface area contributed by atoms with E-state index in [-0.39, 0.29) is 24.4 Å². The first-order valence-electron chi connectivity index (χ1n) is 4.75. The van der Waals surface area contributed by atoms with Crippen LogP contribution in [0.3, 0.4) is 0 Å². The number of carbonyl (C=O) groups is 1. The van der Waals surface area contributed by atoms with E-state index in [2.05, 4.69) is 15.0 Å². The normalized spacial score (nSPS) is 11.1. The summed E-state index contributed by atoms with van der Waals surface area (Å²) in [6, 6.07) is 1.27. The number of nitrogens with zero attached hydrogens (tertiary/aromatic N) is 1. The van der Waals surface area contributed by atoms with Crippen LogP contribution in [0.25, 0.3) is 0 Å². The van der Waals surface area contributed by atoms with Crippen LogP contribution in [0.1, 0.15) is 10.4 Å². The molecule has 8 heteroatoms. The molecule has 1 rings (SSSR count). The van der Waals surface area contributed by atoms with Crippen LogP contribution in [0, 0.1) is 0 Å². The van der Waals surface area contributed by atoms with E-state index in [1.807, 2.05) is 0 Å². The van der Waals surface area contributed by atoms with Gasteiger partial charge < -0.3 is 10.4 Å². The molecule has 0 saturated heterocycles. The van der Waals surface area contributed by atoms with Gasteiger partial charge in [-0.3, -0.25) is 9.78 Å². The van der Waals surface area contributed by atoms with E-state index in [1.165, 1.54) is 18.5 Å². The van der Waals surface area contributed by atoms with Crippen molar-refractivity contribution in [2.24, 2.45) is 0 Å². The lowest BCUT2D eigenvalue weighted by Gasteiger charge is -2.05. The summed E-state index contributed by atoms with van der Waals surface area (Å²) in [5.74, 6) is -0.532. The second-order valence-electron chi connectivity index (χ2n) is 3.35. The highest BCUT2D eigenvalue weighted by molar-refractivity contribution is 7.88. The maximum Gasteiger partial charge on any atom is 0.253 e. The summed E-state index contributed by atoms with van der Waals surface area (Å²) in [6.45, 7) is 0.262. The summed E-state index contributed by atoms with van der Waals surface area (Å²) >= 11 is 0. The van der Waals surface area contributed by atoms with E-state index in [4.69, 9.17) is 5.11 Å². The third-order valence-electron chi connectivity index (χ3n) is 1.76. The SMILES string of the molecule is CS(=O)(=O)NCCNC(=O)c1cncc(O)c1. The van der Waals surface area contributed by atoms with Crippen molar-refractivity contribution in [3.05, 3.63) is 24.0 Å². The Labute approximate surface area is 98.9 Å². The first kappa shape index (κ1) is 13.4. The quantitative estimate of drug-likeness (QED) is 0.592. The summed E-state index contributed by atoms with van der Waals surface area (Å²) in [7, 11) is -3.25. The van der Waals surface area contributed by atoms with Crippen LogP contribution in [0.15, 0.2) is 18.5 Å². The molecule has 1 aromatic heterocycles. The van der Waals surface area contributed by atoms with E-state index >= 15 is 0 Å². The second kappa shape index (κ2) is 5.60. The highest BCUT2D eigenvalue weighted by Crippen LogP contribution is 2.07. The molecule has 17 heavy (non-hydrogen) atoms. The van der Waals surface area contributed by atoms with Crippen molar-refractivity contribution in [2.75, 3.05) is 19.3 Å². The van der Waals surface area contributed by atoms with Crippen LogP contribution in [0.5, 0.6) is 5.75 Å². The first-order chi connectivity index (χ1) is 7.88. The number of amides is 1. The van der Waals surface area contributed by atoms with Gasteiger partial charge >= 0.3 is 0 Å². The highest BCUT2D eigenvalue weighted by atomic mass is 32.2. The van der Waals surface area contributed by atoms with Crippen molar-refractivity contribution in [1.82, 2.24) is 15.0 Å². The lowest BCUT2D eigenvalue weighted by atomic mass is 10.2. The van der Waals surface area contributed by atoms with Crippen LogP contribution in [0.2, 0.25) is 0 Å². The molecular formula is C9H13N3O4S. The van der Waals surface area contributed by atoms with Crippen molar-refractivity contribution in [3.63, 3.8) is 0 Å². The fourth-order valence-electron chi connectivity index (χ4n) is 1.07. The van der Waals surface area contributed by atoms with Crippen molar-refractivity contribution >= 4 is 15.9 Å². The highest BCUT2D eigenvalue weighted by Gasteiger charge is 2.06. The molecule has 3 N–H and O–H groups in total. The number of carbonyl (C=O) groups excluding carboxylic acids is 1. The van der Waals surface area contributed by atoms with Gasteiger partial charge in [-0.1, -0.05) is 0 Å². The Kier molecular flexibility index (Phi) is 4.41. The number of sulfonamides is 1. The van der Waals surface area contributed by atoms with E-state index in [1.54, 1.807) is 0 Å². The zero-order valence-electron chi connectivity index (χ0n) is 9.17. The molecule has 0 aliphatic carbocycles. The van der Waals surface area contributed by atoms with Gasteiger partial charge in [0, 0.05) is 19.3 Å². The third-order valence-corrected chi connectivity index (χ3v) is 2.49. The van der Waals surface area contributed by atoms with Gasteiger partial charge in [-0.05, 0) is 6.07 Å². The van der Waals surface area contributed by atoms with Crippen LogP contribution in [-0.2, 0) is 10.0 Å². The van der Waals surface area contributed by atoms with Crippen molar-refractivity contribution in [1.29, 1.82) is 0 Å². The molecule has 94 valence electrons. The largest absolute Gasteiger partial charge is 0.506 e. The maximum absolute atomic E-state index is 11.5. The Balaban J connectivity index is 2.41. The Bertz CT molecular complexity index is 501. The second-order valence-corrected chi connectivity index (χ2v) is 5.19. The van der Waals surface area contributed by atoms with E-state index in [0.717, 1.165) is 6.26 Å². The van der Waals surface area contributed by atoms with Crippen molar-refractivity contribution in [2.45, 2.75) is 0 Å². The number of aromatic nitrogens is 1. The average Bonchev–Trinajstić information content (AvgIpc) is 2.23. The minimum Gasteiger partial charge on any atom is -0.506 e. The lowest BCUT2D eigenvalue weighted by Crippen LogP contribution is -2.34. The van der Waals surface area contributed by atoms with E-state index < -0.39 is 15.9 Å². The molecule has 0 fully saturated rings. The monoisotopic (exact) mass is 259 g/mol. The third kappa shape index (κ3) is 5.27. The summed E-state index contributed by atoms with van der Waals surface area (Å²) < 4.78 is 23.7. The fraction of sp³-hybridized carbons (Fsp3) is 0.333. The number of rotatable bonds is 5. The van der Waals surface area contributed by atoms with Gasteiger partial charge in [0.25, 0.3) is 5.91 Å². The van der Waals surface area contributed by atoms with Crippen LogP contribution in [-0.4, -0.2) is 43.8 Å². The zero-order chi connectivity index (χ0) is 12.9. The van der Waals surface area contributed by atoms with Gasteiger partial charge in [0.2, 0.25) is 10.0 Å². The average molecular weight is 259 g/mol. The van der Waals surface area contributed by atoms with Gasteiger partial charge in [0.05, 0.1) is 18.0 Å². The summed E-state index contributed by atoms with van der Waals surface area (Å²) in [4.78, 5) is 15.1. The van der Waals surface area contributed by atoms with Gasteiger partial charge in [0.15, 0.2) is 0 Å². The molecule has 1 heterocycles. The molecule has 0 unspecified atom stereocenters. The van der Waals surface area contributed by atoms with Gasteiger partial charge in [-0.25, -0.2) is 13.1 Å². The molecule has 0 saturated carbocycles. The Hall–Kier alpha value is -1.67. The fourth-order valence-corrected chi connectivity index (χ4v) is 1.54. The molecule has 0 bridgehead atoms. The number of aromatic hydroxyl groups is 1. The van der Waals surface area contributed by atoms with Gasteiger partial charge in [-0.2, -0.15) is 0 Å². The summed E-state index contributed by atoms with van der Waals surface area (Å²) in [6.07, 6.45) is 3.55. The number of hydrogen-bond acceptors (Lipinski definition) is 5. The Morgan fingerprint density at radius 3 is 2.71 bits per heavy atom. The number of nitrogens with one attached hydrogen (secondary N) is 2. The molecule has 1 amide bonds. The van der Waals surface area contributed by atoms with Crippen molar-refractivity contribution in [3.8, 4) is 5.75 Å². The lowest BCUT2D eigenvalue weighted by molar-refractivity contribution is 0.0953. The van der Waals surface area contributed by atoms with Crippen LogP contribution >= 0.6 is 0 Å². The minimum atomic E-state index is -3.25. The number of pyridine rings is 1. The molecule has 0 aliphatic rings. The first-order valence-corrected chi connectivity index (χ1v) is 6.64. The van der Waals surface area contributed by atoms with Crippen molar-refractivity contribution < 1.29 is 18.3 Å². The smallest absolute Gasteiger partial charge is 0.253 e. The molecule has 0 aliphatic heterocycles. The zero-order valence-corrected chi connectivity index (χ0v) is 9.99. The predicted octanol–water partition coefficient (Wildman–Crippen LogP) is -0.934. The Morgan fingerprint density at radius 2 is 2.12 bits per heavy atom. The van der Waals surface area contributed by atoms with E-state index in [0.29, 0.717) is 0 Å². The standard InChI is InChI=1S/C9H13N3O4S/c1-17(15,16)12-3-2-11-9(14)7-4-8(13)6-10-5-7/h4-6,12-13H,2-3H2,1H3,(H,11,14). The summed E-state index contributed by atoms with van der Waals surface area (Å²) in [5.41, 5.74) is 0.212. The number of hydrogen-bond donors (Lipinski definition) is 3. The van der Waals surface area contributed by atoms with Gasteiger partial charge in [-0.15, -0.1) is 0 Å². The molecule has 1 aromatic rings. The topological polar surface area (TPSA) is 108 Å². The Morgan fingerprint density at radius 1 is 1.41 bits per heavy atom. The predicted molar refractivity (Wildman–Crippen MR) is 61.1 cm³/mol. The molecule has 0 spiro atoms. The summed E-state index contributed by atoms with van der Waals surface area (Å²) in [5, 5.41) is 11.6. The van der Waals surface area contributed by atoms with Crippen LogP contribution < -0.4 is 10.0 Å². The molecular weight excluding hydrogens is 246 g/mol. The van der Waals surface area contributed by atoms with E-state index in [9.17, 15) is 13.2 Å². The molecule has 0 aromatic carbocycles. The van der Waals surface area contributed by atoms with Gasteiger partial charge in [0.1, 0.15) is 5.75 Å². The molecule has 0 atom stereocenters. The van der Waals surface area contributed by atoms with Crippen LogP contribution in [0.4, 0.5) is 0 Å². The molecule has 7 nitrogen and oxygen atoms in total. The molecule has 0 radical (unpaired) electrons. The maximum atomic E-state index is 11.5. The minimum absolute atomic E-state index is 0.105.